The highest BCUT2D eigenvalue weighted by atomic mass is 79.9. The lowest BCUT2D eigenvalue weighted by Crippen LogP contribution is -2.24. The van der Waals surface area contributed by atoms with Gasteiger partial charge in [0.15, 0.2) is 0 Å². The van der Waals surface area contributed by atoms with Crippen LogP contribution in [-0.2, 0) is 11.3 Å². The Balaban J connectivity index is 1.69. The zero-order chi connectivity index (χ0) is 12.7. The minimum atomic E-state index is 0.153. The first kappa shape index (κ1) is 11.7. The number of rotatable bonds is 3. The van der Waals surface area contributed by atoms with E-state index in [-0.39, 0.29) is 11.8 Å². The van der Waals surface area contributed by atoms with E-state index in [1.807, 2.05) is 28.9 Å². The minimum Gasteiger partial charge on any atom is -0.350 e. The molecule has 4 nitrogen and oxygen atoms in total. The molecule has 0 radical (unpaired) electrons. The quantitative estimate of drug-likeness (QED) is 0.946. The van der Waals surface area contributed by atoms with Crippen LogP contribution < -0.4 is 5.32 Å². The summed E-state index contributed by atoms with van der Waals surface area (Å²) in [5, 5.41) is 2.94. The number of hydrogen-bond donors (Lipinski definition) is 1. The Hall–Kier alpha value is -1.36. The third-order valence-corrected chi connectivity index (χ3v) is 3.82. The van der Waals surface area contributed by atoms with Crippen LogP contribution in [0.25, 0.3) is 5.65 Å². The van der Waals surface area contributed by atoms with Crippen LogP contribution in [0.4, 0.5) is 0 Å². The normalized spacial score (nSPS) is 22.1. The summed E-state index contributed by atoms with van der Waals surface area (Å²) >= 11 is 3.42. The minimum absolute atomic E-state index is 0.153. The first-order valence-corrected chi connectivity index (χ1v) is 6.83. The van der Waals surface area contributed by atoms with Crippen molar-refractivity contribution in [3.8, 4) is 0 Å². The summed E-state index contributed by atoms with van der Waals surface area (Å²) in [6, 6.07) is 3.90. The Labute approximate surface area is 114 Å². The Morgan fingerprint density at radius 3 is 3.06 bits per heavy atom. The number of aromatic nitrogens is 2. The second-order valence-corrected chi connectivity index (χ2v) is 5.80. The number of halogens is 1. The summed E-state index contributed by atoms with van der Waals surface area (Å²) < 4.78 is 2.96. The molecule has 0 aromatic carbocycles. The maximum atomic E-state index is 11.7. The Morgan fingerprint density at radius 1 is 1.56 bits per heavy atom. The number of fused-ring (bicyclic) bond motifs is 1. The molecule has 0 saturated heterocycles. The zero-order valence-electron chi connectivity index (χ0n) is 10.1. The Morgan fingerprint density at radius 2 is 2.33 bits per heavy atom. The predicted molar refractivity (Wildman–Crippen MR) is 72.0 cm³/mol. The van der Waals surface area contributed by atoms with Gasteiger partial charge in [0.1, 0.15) is 5.65 Å². The van der Waals surface area contributed by atoms with Crippen LogP contribution >= 0.6 is 15.9 Å². The molecule has 2 aromatic heterocycles. The summed E-state index contributed by atoms with van der Waals surface area (Å²) in [5.74, 6) is 0.916. The molecular weight excluding hydrogens is 294 g/mol. The number of nitrogens with zero attached hydrogens (tertiary/aromatic N) is 2. The Kier molecular flexibility index (Phi) is 2.86. The van der Waals surface area contributed by atoms with Crippen molar-refractivity contribution in [3.63, 3.8) is 0 Å². The van der Waals surface area contributed by atoms with Gasteiger partial charge in [0.2, 0.25) is 5.91 Å². The fourth-order valence-corrected chi connectivity index (χ4v) is 2.45. The van der Waals surface area contributed by atoms with Crippen LogP contribution in [0, 0.1) is 11.8 Å². The molecular formula is C13H14BrN3O. The van der Waals surface area contributed by atoms with Gasteiger partial charge in [-0.05, 0) is 40.4 Å². The SMILES string of the molecule is C[C@@H]1C[C@@H]1C(=O)NCc1cn2cc(Br)ccc2n1. The second kappa shape index (κ2) is 4.39. The van der Waals surface area contributed by atoms with Crippen LogP contribution in [-0.4, -0.2) is 15.3 Å². The molecule has 2 aromatic rings. The van der Waals surface area contributed by atoms with Crippen molar-refractivity contribution in [1.82, 2.24) is 14.7 Å². The molecule has 0 spiro atoms. The number of carbonyl (C=O) groups excluding carboxylic acids is 1. The maximum Gasteiger partial charge on any atom is 0.223 e. The van der Waals surface area contributed by atoms with Crippen molar-refractivity contribution in [1.29, 1.82) is 0 Å². The lowest BCUT2D eigenvalue weighted by molar-refractivity contribution is -0.122. The first-order chi connectivity index (χ1) is 8.63. The average Bonchev–Trinajstić information content (AvgIpc) is 2.92. The number of pyridine rings is 1. The predicted octanol–water partition coefficient (Wildman–Crippen LogP) is 2.37. The molecule has 1 saturated carbocycles. The van der Waals surface area contributed by atoms with Gasteiger partial charge in [0, 0.05) is 22.8 Å². The van der Waals surface area contributed by atoms with Crippen molar-refractivity contribution in [3.05, 3.63) is 34.7 Å². The van der Waals surface area contributed by atoms with Crippen LogP contribution in [0.1, 0.15) is 19.0 Å². The van der Waals surface area contributed by atoms with Crippen molar-refractivity contribution in [2.75, 3.05) is 0 Å². The van der Waals surface area contributed by atoms with Crippen molar-refractivity contribution in [2.45, 2.75) is 19.9 Å². The summed E-state index contributed by atoms with van der Waals surface area (Å²) in [5.41, 5.74) is 1.77. The lowest BCUT2D eigenvalue weighted by Gasteiger charge is -2.00. The molecule has 1 aliphatic carbocycles. The van der Waals surface area contributed by atoms with E-state index in [2.05, 4.69) is 33.2 Å². The van der Waals surface area contributed by atoms with Gasteiger partial charge in [-0.2, -0.15) is 0 Å². The largest absolute Gasteiger partial charge is 0.350 e. The van der Waals surface area contributed by atoms with Crippen molar-refractivity contribution < 1.29 is 4.79 Å². The van der Waals surface area contributed by atoms with Gasteiger partial charge < -0.3 is 9.72 Å². The average molecular weight is 308 g/mol. The summed E-state index contributed by atoms with van der Waals surface area (Å²) in [6.45, 7) is 2.61. The smallest absolute Gasteiger partial charge is 0.223 e. The topological polar surface area (TPSA) is 46.4 Å². The van der Waals surface area contributed by atoms with Gasteiger partial charge in [-0.15, -0.1) is 0 Å². The van der Waals surface area contributed by atoms with E-state index in [0.29, 0.717) is 12.5 Å². The van der Waals surface area contributed by atoms with Crippen LogP contribution in [0.3, 0.4) is 0 Å². The van der Waals surface area contributed by atoms with Crippen LogP contribution in [0.5, 0.6) is 0 Å². The van der Waals surface area contributed by atoms with E-state index in [0.717, 1.165) is 22.2 Å². The fraction of sp³-hybridized carbons (Fsp3) is 0.385. The van der Waals surface area contributed by atoms with E-state index in [4.69, 9.17) is 0 Å². The number of carbonyl (C=O) groups is 1. The third-order valence-electron chi connectivity index (χ3n) is 3.35. The van der Waals surface area contributed by atoms with Gasteiger partial charge in [0.25, 0.3) is 0 Å². The molecule has 94 valence electrons. The lowest BCUT2D eigenvalue weighted by atomic mass is 10.3. The van der Waals surface area contributed by atoms with Gasteiger partial charge in [-0.3, -0.25) is 4.79 Å². The fourth-order valence-electron chi connectivity index (χ4n) is 2.10. The molecule has 0 unspecified atom stereocenters. The van der Waals surface area contributed by atoms with Gasteiger partial charge in [-0.1, -0.05) is 6.92 Å². The van der Waals surface area contributed by atoms with Gasteiger partial charge in [-0.25, -0.2) is 4.98 Å². The highest BCUT2D eigenvalue weighted by molar-refractivity contribution is 9.10. The second-order valence-electron chi connectivity index (χ2n) is 4.88. The summed E-state index contributed by atoms with van der Waals surface area (Å²) in [6.07, 6.45) is 4.91. The molecule has 18 heavy (non-hydrogen) atoms. The molecule has 1 amide bonds. The summed E-state index contributed by atoms with van der Waals surface area (Å²) in [4.78, 5) is 16.2. The van der Waals surface area contributed by atoms with Gasteiger partial charge >= 0.3 is 0 Å². The zero-order valence-corrected chi connectivity index (χ0v) is 11.6. The Bertz CT molecular complexity index is 607. The van der Waals surface area contributed by atoms with Crippen molar-refractivity contribution in [2.24, 2.45) is 11.8 Å². The third kappa shape index (κ3) is 2.27. The monoisotopic (exact) mass is 307 g/mol. The molecule has 1 fully saturated rings. The molecule has 2 heterocycles. The van der Waals surface area contributed by atoms with E-state index >= 15 is 0 Å². The van der Waals surface area contributed by atoms with E-state index in [1.54, 1.807) is 0 Å². The number of imidazole rings is 1. The summed E-state index contributed by atoms with van der Waals surface area (Å²) in [7, 11) is 0. The van der Waals surface area contributed by atoms with E-state index in [9.17, 15) is 4.79 Å². The van der Waals surface area contributed by atoms with Crippen LogP contribution in [0.2, 0.25) is 0 Å². The standard InChI is InChI=1S/C13H14BrN3O/c1-8-4-11(8)13(18)15-5-10-7-17-6-9(14)2-3-12(17)16-10/h2-3,6-8,11H,4-5H2,1H3,(H,15,18)/t8-,11+/m1/s1. The highest BCUT2D eigenvalue weighted by Crippen LogP contribution is 2.37. The molecule has 1 N–H and O–H groups in total. The van der Waals surface area contributed by atoms with Crippen LogP contribution in [0.15, 0.2) is 29.0 Å². The molecule has 5 heteroatoms. The first-order valence-electron chi connectivity index (χ1n) is 6.04. The number of hydrogen-bond acceptors (Lipinski definition) is 2. The molecule has 0 bridgehead atoms. The molecule has 0 aliphatic heterocycles. The maximum absolute atomic E-state index is 11.7. The van der Waals surface area contributed by atoms with Crippen molar-refractivity contribution >= 4 is 27.5 Å². The number of amides is 1. The van der Waals surface area contributed by atoms with E-state index < -0.39 is 0 Å². The molecule has 1 aliphatic rings. The van der Waals surface area contributed by atoms with E-state index in [1.165, 1.54) is 0 Å². The number of nitrogens with one attached hydrogen (secondary N) is 1. The molecule has 2 atom stereocenters. The van der Waals surface area contributed by atoms with Gasteiger partial charge in [0.05, 0.1) is 12.2 Å². The molecule has 3 rings (SSSR count). The highest BCUT2D eigenvalue weighted by Gasteiger charge is 2.38.